The molecule has 2 fully saturated rings. The first-order valence-electron chi connectivity index (χ1n) is 8.23. The van der Waals surface area contributed by atoms with Crippen molar-refractivity contribution in [1.29, 1.82) is 0 Å². The van der Waals surface area contributed by atoms with Gasteiger partial charge in [-0.2, -0.15) is 0 Å². The lowest BCUT2D eigenvalue weighted by atomic mass is 9.84. The van der Waals surface area contributed by atoms with Crippen LogP contribution in [0.5, 0.6) is 0 Å². The number of hydrogen-bond acceptors (Lipinski definition) is 1. The van der Waals surface area contributed by atoms with Gasteiger partial charge in [0.15, 0.2) is 0 Å². The van der Waals surface area contributed by atoms with Gasteiger partial charge < -0.3 is 5.11 Å². The van der Waals surface area contributed by atoms with Gasteiger partial charge in [-0.15, -0.1) is 0 Å². The molecular formula is C20H20O. The highest BCUT2D eigenvalue weighted by molar-refractivity contribution is 5.80. The predicted octanol–water partition coefficient (Wildman–Crippen LogP) is 4.34. The average Bonchev–Trinajstić information content (AvgIpc) is 3.23. The van der Waals surface area contributed by atoms with Crippen molar-refractivity contribution in [2.24, 2.45) is 17.8 Å². The van der Waals surface area contributed by atoms with Crippen molar-refractivity contribution in [3.05, 3.63) is 59.7 Å². The molecule has 0 radical (unpaired) electrons. The first-order chi connectivity index (χ1) is 10.3. The maximum Gasteiger partial charge on any atom is 0.119 e. The molecule has 0 amide bonds. The van der Waals surface area contributed by atoms with Crippen LogP contribution in [0.3, 0.4) is 0 Å². The second-order valence-corrected chi connectivity index (χ2v) is 7.00. The van der Waals surface area contributed by atoms with Crippen molar-refractivity contribution < 1.29 is 5.11 Å². The van der Waals surface area contributed by atoms with E-state index in [2.05, 4.69) is 48.5 Å². The largest absolute Gasteiger partial charge is 0.380 e. The Kier molecular flexibility index (Phi) is 2.27. The minimum absolute atomic E-state index is 0.435. The second-order valence-electron chi connectivity index (χ2n) is 7.00. The van der Waals surface area contributed by atoms with E-state index in [0.717, 1.165) is 23.0 Å². The minimum Gasteiger partial charge on any atom is -0.380 e. The van der Waals surface area contributed by atoms with Gasteiger partial charge in [0.25, 0.3) is 0 Å². The first-order valence-corrected chi connectivity index (χ1v) is 8.23. The summed E-state index contributed by atoms with van der Waals surface area (Å²) in [6.07, 6.45) is 5.30. The summed E-state index contributed by atoms with van der Waals surface area (Å²) < 4.78 is 0. The quantitative estimate of drug-likeness (QED) is 0.821. The first kappa shape index (κ1) is 12.0. The molecular weight excluding hydrogens is 256 g/mol. The van der Waals surface area contributed by atoms with Gasteiger partial charge in [-0.3, -0.25) is 0 Å². The molecule has 2 aromatic rings. The molecule has 0 spiro atoms. The third-order valence-corrected chi connectivity index (χ3v) is 6.10. The minimum atomic E-state index is -0.743. The summed E-state index contributed by atoms with van der Waals surface area (Å²) in [6, 6.07) is 16.9. The lowest BCUT2D eigenvalue weighted by Crippen LogP contribution is -2.28. The molecule has 0 aliphatic heterocycles. The number of aliphatic hydroxyl groups is 1. The van der Waals surface area contributed by atoms with Gasteiger partial charge in [0, 0.05) is 5.92 Å². The van der Waals surface area contributed by atoms with Crippen molar-refractivity contribution in [2.45, 2.75) is 31.3 Å². The van der Waals surface area contributed by atoms with Crippen molar-refractivity contribution >= 4 is 0 Å². The van der Waals surface area contributed by atoms with Crippen LogP contribution in [0.2, 0.25) is 0 Å². The van der Waals surface area contributed by atoms with Crippen molar-refractivity contribution in [2.75, 3.05) is 0 Å². The zero-order valence-electron chi connectivity index (χ0n) is 12.1. The van der Waals surface area contributed by atoms with E-state index in [1.165, 1.54) is 36.8 Å². The van der Waals surface area contributed by atoms with Gasteiger partial charge in [-0.25, -0.2) is 0 Å². The molecule has 106 valence electrons. The number of hydrogen-bond donors (Lipinski definition) is 1. The lowest BCUT2D eigenvalue weighted by molar-refractivity contribution is 0.0508. The molecule has 3 aliphatic rings. The van der Waals surface area contributed by atoms with E-state index < -0.39 is 5.60 Å². The molecule has 0 heterocycles. The highest BCUT2D eigenvalue weighted by Gasteiger charge is 2.63. The third kappa shape index (κ3) is 1.40. The summed E-state index contributed by atoms with van der Waals surface area (Å²) in [7, 11) is 0. The number of rotatable bonds is 1. The molecule has 0 aromatic heterocycles. The Morgan fingerprint density at radius 3 is 1.76 bits per heavy atom. The molecule has 2 unspecified atom stereocenters. The molecule has 21 heavy (non-hydrogen) atoms. The van der Waals surface area contributed by atoms with E-state index in [0.29, 0.717) is 5.92 Å². The SMILES string of the molecule is OC1(C2C3CCCCC32)c2ccccc2-c2ccccc21. The van der Waals surface area contributed by atoms with Crippen LogP contribution in [0.15, 0.2) is 48.5 Å². The Labute approximate surface area is 125 Å². The Morgan fingerprint density at radius 2 is 1.24 bits per heavy atom. The van der Waals surface area contributed by atoms with Gasteiger partial charge >= 0.3 is 0 Å². The summed E-state index contributed by atoms with van der Waals surface area (Å²) in [5.74, 6) is 1.91. The normalized spacial score (nSPS) is 31.2. The fraction of sp³-hybridized carbons (Fsp3) is 0.400. The summed E-state index contributed by atoms with van der Waals surface area (Å²) >= 11 is 0. The number of benzene rings is 2. The van der Waals surface area contributed by atoms with E-state index in [9.17, 15) is 5.11 Å². The van der Waals surface area contributed by atoms with Crippen LogP contribution in [0.25, 0.3) is 11.1 Å². The predicted molar refractivity (Wildman–Crippen MR) is 83.8 cm³/mol. The number of fused-ring (bicyclic) bond motifs is 4. The van der Waals surface area contributed by atoms with Gasteiger partial charge in [0.2, 0.25) is 0 Å². The molecule has 0 bridgehead atoms. The van der Waals surface area contributed by atoms with Crippen molar-refractivity contribution in [3.63, 3.8) is 0 Å². The van der Waals surface area contributed by atoms with E-state index in [4.69, 9.17) is 0 Å². The Hall–Kier alpha value is -1.60. The highest BCUT2D eigenvalue weighted by atomic mass is 16.3. The van der Waals surface area contributed by atoms with Crippen LogP contribution in [0.4, 0.5) is 0 Å². The smallest absolute Gasteiger partial charge is 0.119 e. The molecule has 1 nitrogen and oxygen atoms in total. The zero-order chi connectivity index (χ0) is 14.0. The summed E-state index contributed by atoms with van der Waals surface area (Å²) in [6.45, 7) is 0. The van der Waals surface area contributed by atoms with Gasteiger partial charge in [-0.1, -0.05) is 61.4 Å². The molecule has 2 aromatic carbocycles. The van der Waals surface area contributed by atoms with Crippen molar-refractivity contribution in [1.82, 2.24) is 0 Å². The Balaban J connectivity index is 1.72. The average molecular weight is 276 g/mol. The standard InChI is InChI=1S/C20H20O/c21-20(19-15-9-1-2-10-16(15)19)17-11-5-3-7-13(17)14-8-4-6-12-18(14)20/h3-8,11-12,15-16,19,21H,1-2,9-10H2. The monoisotopic (exact) mass is 276 g/mol. The topological polar surface area (TPSA) is 20.2 Å². The van der Waals surface area contributed by atoms with Crippen LogP contribution >= 0.6 is 0 Å². The Morgan fingerprint density at radius 1 is 0.762 bits per heavy atom. The van der Waals surface area contributed by atoms with Crippen LogP contribution < -0.4 is 0 Å². The zero-order valence-corrected chi connectivity index (χ0v) is 12.1. The summed E-state index contributed by atoms with van der Waals surface area (Å²) in [5, 5.41) is 11.8. The Bertz CT molecular complexity index is 660. The van der Waals surface area contributed by atoms with E-state index in [-0.39, 0.29) is 0 Å². The molecule has 1 N–H and O–H groups in total. The maximum absolute atomic E-state index is 11.8. The second kappa shape index (κ2) is 3.98. The molecule has 5 rings (SSSR count). The highest BCUT2D eigenvalue weighted by Crippen LogP contribution is 2.67. The molecule has 3 aliphatic carbocycles. The molecule has 2 saturated carbocycles. The fourth-order valence-corrected chi connectivity index (χ4v) is 5.22. The van der Waals surface area contributed by atoms with Gasteiger partial charge in [0.1, 0.15) is 5.60 Å². The molecule has 1 heteroatoms. The van der Waals surface area contributed by atoms with Crippen LogP contribution in [0.1, 0.15) is 36.8 Å². The van der Waals surface area contributed by atoms with Crippen LogP contribution in [-0.2, 0) is 5.60 Å². The van der Waals surface area contributed by atoms with Crippen molar-refractivity contribution in [3.8, 4) is 11.1 Å². The summed E-state index contributed by atoms with van der Waals surface area (Å²) in [5.41, 5.74) is 4.02. The molecule has 2 atom stereocenters. The lowest BCUT2D eigenvalue weighted by Gasteiger charge is -2.27. The fourth-order valence-electron chi connectivity index (χ4n) is 5.22. The van der Waals surface area contributed by atoms with E-state index in [1.807, 2.05) is 0 Å². The van der Waals surface area contributed by atoms with E-state index in [1.54, 1.807) is 0 Å². The summed E-state index contributed by atoms with van der Waals surface area (Å²) in [4.78, 5) is 0. The van der Waals surface area contributed by atoms with E-state index >= 15 is 0 Å². The maximum atomic E-state index is 11.8. The van der Waals surface area contributed by atoms with Gasteiger partial charge in [-0.05, 0) is 46.9 Å². The van der Waals surface area contributed by atoms with Crippen LogP contribution in [-0.4, -0.2) is 5.11 Å². The van der Waals surface area contributed by atoms with Crippen LogP contribution in [0, 0.1) is 17.8 Å². The van der Waals surface area contributed by atoms with Gasteiger partial charge in [0.05, 0.1) is 0 Å². The third-order valence-electron chi connectivity index (χ3n) is 6.10. The molecule has 0 saturated heterocycles.